The molecule has 0 bridgehead atoms. The monoisotopic (exact) mass is 624 g/mol. The second-order valence-corrected chi connectivity index (χ2v) is 12.7. The van der Waals surface area contributed by atoms with E-state index in [-0.39, 0.29) is 40.9 Å². The zero-order valence-electron chi connectivity index (χ0n) is 24.0. The van der Waals surface area contributed by atoms with E-state index in [0.717, 1.165) is 16.9 Å². The van der Waals surface area contributed by atoms with E-state index in [2.05, 4.69) is 9.97 Å². The maximum Gasteiger partial charge on any atom is 0.275 e. The predicted molar refractivity (Wildman–Crippen MR) is 163 cm³/mol. The lowest BCUT2D eigenvalue weighted by atomic mass is 9.79. The zero-order chi connectivity index (χ0) is 30.3. The molecular weight excluding hydrogens is 592 g/mol. The molecule has 5 heterocycles. The Hall–Kier alpha value is -3.74. The molecule has 0 saturated carbocycles. The summed E-state index contributed by atoms with van der Waals surface area (Å²) in [6, 6.07) is 11.5. The number of methoxy groups -OCH3 is 1. The predicted octanol–water partition coefficient (Wildman–Crippen LogP) is 3.15. The number of hydrogen-bond acceptors (Lipinski definition) is 8. The van der Waals surface area contributed by atoms with Crippen LogP contribution in [-0.2, 0) is 18.4 Å². The highest BCUT2D eigenvalue weighted by Gasteiger charge is 2.42. The molecule has 0 aliphatic carbocycles. The highest BCUT2D eigenvalue weighted by molar-refractivity contribution is 7.16. The minimum absolute atomic E-state index is 0.0185. The minimum Gasteiger partial charge on any atom is -0.473 e. The van der Waals surface area contributed by atoms with Gasteiger partial charge >= 0.3 is 0 Å². The zero-order valence-corrected chi connectivity index (χ0v) is 25.6. The summed E-state index contributed by atoms with van der Waals surface area (Å²) in [5.41, 5.74) is 0.268. The Bertz CT molecular complexity index is 1710. The van der Waals surface area contributed by atoms with E-state index in [1.165, 1.54) is 18.0 Å². The second-order valence-electron chi connectivity index (χ2n) is 11.4. The quantitative estimate of drug-likeness (QED) is 0.350. The number of nitrogens with zero attached hydrogens (tertiary/aromatic N) is 6. The van der Waals surface area contributed by atoms with Gasteiger partial charge in [0.15, 0.2) is 5.15 Å². The van der Waals surface area contributed by atoms with Gasteiger partial charge in [0.2, 0.25) is 5.91 Å². The molecule has 13 heteroatoms. The summed E-state index contributed by atoms with van der Waals surface area (Å²) in [6.07, 6.45) is 4.46. The van der Waals surface area contributed by atoms with E-state index in [1.807, 2.05) is 42.3 Å². The number of carbonyl (C=O) groups is 2. The van der Waals surface area contributed by atoms with Crippen LogP contribution in [0.4, 0.5) is 0 Å². The molecular formula is C30H33ClN6O5S. The van der Waals surface area contributed by atoms with Gasteiger partial charge in [-0.2, -0.15) is 4.98 Å². The lowest BCUT2D eigenvalue weighted by molar-refractivity contribution is -0.142. The first-order valence-electron chi connectivity index (χ1n) is 14.2. The van der Waals surface area contributed by atoms with Gasteiger partial charge in [-0.1, -0.05) is 53.3 Å². The Balaban J connectivity index is 1.15. The first-order valence-corrected chi connectivity index (χ1v) is 15.4. The standard InChI is InChI=1S/C30H33ClN6O5S/c1-34-12-8-21-25(34)32-18-37(27(21)39)17-30(41)10-14-35(15-11-30)26(38)20-9-13-36(16-22(20)19-6-4-3-5-7-19)28(40)23-24(31)33-29(42-2)43-23/h3-8,12,18,20,22,41H,9-11,13-17H2,1-2H3/t20-,22+/m1/s1. The van der Waals surface area contributed by atoms with Gasteiger partial charge in [0.05, 0.1) is 24.6 Å². The number of likely N-dealkylation sites (tertiary alicyclic amines) is 2. The fraction of sp³-hybridized carbons (Fsp3) is 0.433. The molecule has 2 atom stereocenters. The lowest BCUT2D eigenvalue weighted by Gasteiger charge is -2.43. The number of aliphatic hydroxyl groups is 1. The molecule has 2 fully saturated rings. The van der Waals surface area contributed by atoms with Crippen molar-refractivity contribution in [3.8, 4) is 5.19 Å². The molecule has 2 aliphatic rings. The van der Waals surface area contributed by atoms with Crippen molar-refractivity contribution in [1.29, 1.82) is 0 Å². The third-order valence-corrected chi connectivity index (χ3v) is 10.1. The molecule has 6 rings (SSSR count). The molecule has 11 nitrogen and oxygen atoms in total. The number of carbonyl (C=O) groups excluding carboxylic acids is 2. The molecule has 226 valence electrons. The SMILES string of the molecule is COc1nc(Cl)c(C(=O)N2CC[C@@H](C(=O)N3CCC(O)(Cn4cnc5c(ccn5C)c4=O)CC3)[C@H](c3ccccc3)C2)s1. The molecule has 2 amide bonds. The number of halogens is 1. The smallest absolute Gasteiger partial charge is 0.275 e. The van der Waals surface area contributed by atoms with Crippen molar-refractivity contribution >= 4 is 45.8 Å². The van der Waals surface area contributed by atoms with Crippen LogP contribution >= 0.6 is 22.9 Å². The molecule has 3 aromatic heterocycles. The Morgan fingerprint density at radius 2 is 1.88 bits per heavy atom. The number of aromatic nitrogens is 4. The number of ether oxygens (including phenoxy) is 1. The molecule has 0 spiro atoms. The second kappa shape index (κ2) is 11.7. The summed E-state index contributed by atoms with van der Waals surface area (Å²) in [5.74, 6) is -0.733. The van der Waals surface area contributed by atoms with Crippen molar-refractivity contribution in [3.05, 3.63) is 74.9 Å². The molecule has 0 radical (unpaired) electrons. The van der Waals surface area contributed by atoms with Crippen LogP contribution in [0.2, 0.25) is 5.15 Å². The average Bonchev–Trinajstić information content (AvgIpc) is 3.60. The summed E-state index contributed by atoms with van der Waals surface area (Å²) in [4.78, 5) is 52.8. The third kappa shape index (κ3) is 5.66. The van der Waals surface area contributed by atoms with Gasteiger partial charge in [0.25, 0.3) is 16.7 Å². The number of amides is 2. The van der Waals surface area contributed by atoms with E-state index in [0.29, 0.717) is 66.5 Å². The van der Waals surface area contributed by atoms with Crippen LogP contribution in [0.1, 0.15) is 40.4 Å². The van der Waals surface area contributed by atoms with Crippen LogP contribution in [0.15, 0.2) is 53.7 Å². The molecule has 2 saturated heterocycles. The van der Waals surface area contributed by atoms with Crippen molar-refractivity contribution in [3.63, 3.8) is 0 Å². The third-order valence-electron chi connectivity index (χ3n) is 8.70. The average molecular weight is 625 g/mol. The van der Waals surface area contributed by atoms with Gasteiger partial charge < -0.3 is 24.2 Å². The number of aryl methyl sites for hydroxylation is 1. The van der Waals surface area contributed by atoms with E-state index >= 15 is 0 Å². The van der Waals surface area contributed by atoms with Crippen molar-refractivity contribution < 1.29 is 19.4 Å². The highest BCUT2D eigenvalue weighted by Crippen LogP contribution is 2.37. The van der Waals surface area contributed by atoms with Gasteiger partial charge in [0, 0.05) is 51.3 Å². The van der Waals surface area contributed by atoms with Gasteiger partial charge in [-0.15, -0.1) is 0 Å². The Labute approximate surface area is 257 Å². The van der Waals surface area contributed by atoms with Crippen LogP contribution in [0.5, 0.6) is 5.19 Å². The van der Waals surface area contributed by atoms with Gasteiger partial charge in [-0.05, 0) is 30.9 Å². The van der Waals surface area contributed by atoms with Crippen LogP contribution in [0.25, 0.3) is 11.0 Å². The number of fused-ring (bicyclic) bond motifs is 1. The molecule has 0 unspecified atom stereocenters. The largest absolute Gasteiger partial charge is 0.473 e. The van der Waals surface area contributed by atoms with Crippen molar-refractivity contribution in [2.24, 2.45) is 13.0 Å². The summed E-state index contributed by atoms with van der Waals surface area (Å²) >= 11 is 7.36. The van der Waals surface area contributed by atoms with Crippen LogP contribution in [-0.4, -0.2) is 84.7 Å². The van der Waals surface area contributed by atoms with E-state index in [1.54, 1.807) is 21.7 Å². The van der Waals surface area contributed by atoms with Gasteiger partial charge in [-0.3, -0.25) is 19.0 Å². The van der Waals surface area contributed by atoms with E-state index in [4.69, 9.17) is 16.3 Å². The fourth-order valence-corrected chi connectivity index (χ4v) is 7.33. The topological polar surface area (TPSA) is 123 Å². The molecule has 1 aromatic carbocycles. The van der Waals surface area contributed by atoms with E-state index in [9.17, 15) is 19.5 Å². The molecule has 1 N–H and O–H groups in total. The summed E-state index contributed by atoms with van der Waals surface area (Å²) < 4.78 is 8.40. The summed E-state index contributed by atoms with van der Waals surface area (Å²) in [5, 5.41) is 12.4. The summed E-state index contributed by atoms with van der Waals surface area (Å²) in [7, 11) is 3.31. The minimum atomic E-state index is -1.13. The number of piperidine rings is 2. The lowest BCUT2D eigenvalue weighted by Crippen LogP contribution is -2.53. The number of benzene rings is 1. The van der Waals surface area contributed by atoms with Crippen LogP contribution in [0.3, 0.4) is 0 Å². The first-order chi connectivity index (χ1) is 20.7. The molecule has 43 heavy (non-hydrogen) atoms. The maximum atomic E-state index is 14.0. The van der Waals surface area contributed by atoms with Crippen molar-refractivity contribution in [1.82, 2.24) is 28.9 Å². The van der Waals surface area contributed by atoms with E-state index < -0.39 is 5.60 Å². The van der Waals surface area contributed by atoms with Gasteiger partial charge in [0.1, 0.15) is 16.9 Å². The number of rotatable bonds is 6. The van der Waals surface area contributed by atoms with Crippen molar-refractivity contribution in [2.45, 2.75) is 37.3 Å². The first kappa shape index (κ1) is 29.3. The normalized spacial score (nSPS) is 20.4. The molecule has 2 aliphatic heterocycles. The highest BCUT2D eigenvalue weighted by atomic mass is 35.5. The number of thiazole rings is 1. The van der Waals surface area contributed by atoms with Gasteiger partial charge in [-0.25, -0.2) is 4.98 Å². The number of hydrogen-bond donors (Lipinski definition) is 1. The van der Waals surface area contributed by atoms with Crippen LogP contribution < -0.4 is 10.3 Å². The Kier molecular flexibility index (Phi) is 8.01. The van der Waals surface area contributed by atoms with Crippen molar-refractivity contribution in [2.75, 3.05) is 33.3 Å². The maximum absolute atomic E-state index is 14.0. The fourth-order valence-electron chi connectivity index (χ4n) is 6.26. The Morgan fingerprint density at radius 1 is 1.14 bits per heavy atom. The molecule has 4 aromatic rings. The Morgan fingerprint density at radius 3 is 2.58 bits per heavy atom. The van der Waals surface area contributed by atoms with Crippen LogP contribution in [0, 0.1) is 5.92 Å². The summed E-state index contributed by atoms with van der Waals surface area (Å²) in [6.45, 7) is 1.64.